The lowest BCUT2D eigenvalue weighted by atomic mass is 10.2. The van der Waals surface area contributed by atoms with Crippen molar-refractivity contribution in [1.29, 1.82) is 0 Å². The van der Waals surface area contributed by atoms with Crippen molar-refractivity contribution in [2.24, 2.45) is 0 Å². The average molecular weight is 415 g/mol. The Balaban J connectivity index is 2.21. The lowest BCUT2D eigenvalue weighted by Gasteiger charge is -2.18. The number of rotatable bonds is 8. The molecule has 0 aromatic heterocycles. The largest absolute Gasteiger partial charge is 0.493 e. The molecule has 0 aliphatic carbocycles. The van der Waals surface area contributed by atoms with Crippen LogP contribution >= 0.6 is 0 Å². The molecule has 2 aromatic carbocycles. The van der Waals surface area contributed by atoms with Gasteiger partial charge in [-0.3, -0.25) is 0 Å². The number of ether oxygens (including phenoxy) is 3. The van der Waals surface area contributed by atoms with E-state index in [-0.39, 0.29) is 28.5 Å². The second kappa shape index (κ2) is 8.98. The highest BCUT2D eigenvalue weighted by molar-refractivity contribution is 7.89. The van der Waals surface area contributed by atoms with E-state index in [1.165, 1.54) is 63.7 Å². The Kier molecular flexibility index (Phi) is 6.92. The van der Waals surface area contributed by atoms with Crippen LogP contribution in [0.15, 0.2) is 47.4 Å². The average Bonchev–Trinajstić information content (AvgIpc) is 2.68. The SMILES string of the molecule is COC(=O)c1ccc(S(=O)(=O)N(C)Cc2ccc(OC(F)F)c(OC)c2)cc1. The molecule has 0 saturated heterocycles. The van der Waals surface area contributed by atoms with E-state index in [2.05, 4.69) is 9.47 Å². The van der Waals surface area contributed by atoms with Gasteiger partial charge >= 0.3 is 12.6 Å². The molecule has 0 spiro atoms. The summed E-state index contributed by atoms with van der Waals surface area (Å²) in [6.07, 6.45) is 0. The third-order valence-electron chi connectivity index (χ3n) is 3.83. The normalized spacial score (nSPS) is 11.5. The summed E-state index contributed by atoms with van der Waals surface area (Å²) in [6.45, 7) is -3.04. The van der Waals surface area contributed by atoms with E-state index in [1.54, 1.807) is 0 Å². The van der Waals surface area contributed by atoms with Crippen LogP contribution in [0, 0.1) is 0 Å². The molecule has 0 amide bonds. The summed E-state index contributed by atoms with van der Waals surface area (Å²) in [6, 6.07) is 9.48. The van der Waals surface area contributed by atoms with Gasteiger partial charge in [0.05, 0.1) is 24.7 Å². The fraction of sp³-hybridized carbons (Fsp3) is 0.278. The fourth-order valence-electron chi connectivity index (χ4n) is 2.41. The first-order valence-electron chi connectivity index (χ1n) is 7.95. The van der Waals surface area contributed by atoms with Gasteiger partial charge in [-0.2, -0.15) is 13.1 Å². The van der Waals surface area contributed by atoms with Gasteiger partial charge in [0.2, 0.25) is 10.0 Å². The molecule has 10 heteroatoms. The van der Waals surface area contributed by atoms with Crippen LogP contribution in [0.5, 0.6) is 11.5 Å². The van der Waals surface area contributed by atoms with Crippen molar-refractivity contribution in [2.75, 3.05) is 21.3 Å². The van der Waals surface area contributed by atoms with E-state index in [9.17, 15) is 22.0 Å². The van der Waals surface area contributed by atoms with Crippen LogP contribution in [0.4, 0.5) is 8.78 Å². The quantitative estimate of drug-likeness (QED) is 0.617. The number of carbonyl (C=O) groups is 1. The smallest absolute Gasteiger partial charge is 0.387 e. The molecule has 0 bridgehead atoms. The van der Waals surface area contributed by atoms with Crippen molar-refractivity contribution in [3.05, 3.63) is 53.6 Å². The van der Waals surface area contributed by atoms with E-state index >= 15 is 0 Å². The maximum Gasteiger partial charge on any atom is 0.387 e. The van der Waals surface area contributed by atoms with Gasteiger partial charge < -0.3 is 14.2 Å². The molecule has 152 valence electrons. The number of hydrogen-bond donors (Lipinski definition) is 0. The first-order valence-corrected chi connectivity index (χ1v) is 9.39. The molecule has 0 aliphatic rings. The summed E-state index contributed by atoms with van der Waals surface area (Å²) in [5, 5.41) is 0. The fourth-order valence-corrected chi connectivity index (χ4v) is 3.57. The van der Waals surface area contributed by atoms with Crippen molar-refractivity contribution in [3.63, 3.8) is 0 Å². The van der Waals surface area contributed by atoms with Crippen LogP contribution in [0.25, 0.3) is 0 Å². The topological polar surface area (TPSA) is 82.1 Å². The molecule has 0 heterocycles. The maximum atomic E-state index is 12.7. The molecule has 2 aromatic rings. The van der Waals surface area contributed by atoms with Crippen LogP contribution in [0.1, 0.15) is 15.9 Å². The minimum absolute atomic E-state index is 0.00716. The minimum atomic E-state index is -3.85. The highest BCUT2D eigenvalue weighted by Gasteiger charge is 2.22. The Morgan fingerprint density at radius 2 is 1.71 bits per heavy atom. The number of methoxy groups -OCH3 is 2. The van der Waals surface area contributed by atoms with Crippen molar-refractivity contribution < 1.29 is 36.2 Å². The molecule has 0 aliphatic heterocycles. The van der Waals surface area contributed by atoms with Gasteiger partial charge in [-0.1, -0.05) is 6.07 Å². The number of nitrogens with zero attached hydrogens (tertiary/aromatic N) is 1. The lowest BCUT2D eigenvalue weighted by molar-refractivity contribution is -0.0512. The van der Waals surface area contributed by atoms with E-state index in [4.69, 9.17) is 4.74 Å². The summed E-state index contributed by atoms with van der Waals surface area (Å²) in [7, 11) is 0.0500. The monoisotopic (exact) mass is 415 g/mol. The van der Waals surface area contributed by atoms with Crippen LogP contribution < -0.4 is 9.47 Å². The Hall–Kier alpha value is -2.72. The summed E-state index contributed by atoms with van der Waals surface area (Å²) < 4.78 is 65.2. The highest BCUT2D eigenvalue weighted by atomic mass is 32.2. The molecule has 0 atom stereocenters. The minimum Gasteiger partial charge on any atom is -0.493 e. The van der Waals surface area contributed by atoms with Crippen LogP contribution in [-0.4, -0.2) is 46.6 Å². The van der Waals surface area contributed by atoms with E-state index in [0.717, 1.165) is 4.31 Å². The second-order valence-corrected chi connectivity index (χ2v) is 7.69. The zero-order valence-corrected chi connectivity index (χ0v) is 16.2. The standard InChI is InChI=1S/C18H19F2NO6S/c1-21(11-12-4-9-15(27-18(19)20)16(10-12)25-2)28(23,24)14-7-5-13(6-8-14)17(22)26-3/h4-10,18H,11H2,1-3H3. The molecule has 7 nitrogen and oxygen atoms in total. The second-order valence-electron chi connectivity index (χ2n) is 5.64. The first kappa shape index (κ1) is 21.6. The summed E-state index contributed by atoms with van der Waals surface area (Å²) in [5.41, 5.74) is 0.735. The number of benzene rings is 2. The molecule has 0 fully saturated rings. The van der Waals surface area contributed by atoms with Gasteiger partial charge in [0.15, 0.2) is 11.5 Å². The Morgan fingerprint density at radius 3 is 2.25 bits per heavy atom. The Bertz CT molecular complexity index is 932. The van der Waals surface area contributed by atoms with Crippen LogP contribution in [0.2, 0.25) is 0 Å². The van der Waals surface area contributed by atoms with E-state index in [0.29, 0.717) is 5.56 Å². The molecule has 28 heavy (non-hydrogen) atoms. The van der Waals surface area contributed by atoms with Gasteiger partial charge in [0.1, 0.15) is 0 Å². The van der Waals surface area contributed by atoms with Gasteiger partial charge in [0, 0.05) is 13.6 Å². The summed E-state index contributed by atoms with van der Waals surface area (Å²) in [5.74, 6) is -0.660. The Labute approximate surface area is 161 Å². The predicted octanol–water partition coefficient (Wildman–Crippen LogP) is 2.90. The lowest BCUT2D eigenvalue weighted by Crippen LogP contribution is -2.26. The van der Waals surface area contributed by atoms with E-state index in [1.807, 2.05) is 0 Å². The van der Waals surface area contributed by atoms with Crippen LogP contribution in [0.3, 0.4) is 0 Å². The van der Waals surface area contributed by atoms with Crippen molar-refractivity contribution in [1.82, 2.24) is 4.31 Å². The first-order chi connectivity index (χ1) is 13.2. The zero-order valence-electron chi connectivity index (χ0n) is 15.4. The third kappa shape index (κ3) is 4.96. The maximum absolute atomic E-state index is 12.7. The zero-order chi connectivity index (χ0) is 20.9. The number of sulfonamides is 1. The molecular formula is C18H19F2NO6S. The third-order valence-corrected chi connectivity index (χ3v) is 5.65. The predicted molar refractivity (Wildman–Crippen MR) is 96.1 cm³/mol. The van der Waals surface area contributed by atoms with Crippen molar-refractivity contribution in [3.8, 4) is 11.5 Å². The van der Waals surface area contributed by atoms with Gasteiger partial charge in [0.25, 0.3) is 0 Å². The van der Waals surface area contributed by atoms with Gasteiger partial charge in [-0.05, 0) is 42.0 Å². The molecular weight excluding hydrogens is 396 g/mol. The number of halogens is 2. The molecule has 0 N–H and O–H groups in total. The van der Waals surface area contributed by atoms with E-state index < -0.39 is 22.6 Å². The highest BCUT2D eigenvalue weighted by Crippen LogP contribution is 2.30. The Morgan fingerprint density at radius 1 is 1.07 bits per heavy atom. The number of hydrogen-bond acceptors (Lipinski definition) is 6. The van der Waals surface area contributed by atoms with Gasteiger partial charge in [-0.25, -0.2) is 13.2 Å². The number of alkyl halides is 2. The summed E-state index contributed by atoms with van der Waals surface area (Å²) in [4.78, 5) is 11.4. The van der Waals surface area contributed by atoms with Crippen molar-refractivity contribution >= 4 is 16.0 Å². The molecule has 2 rings (SSSR count). The molecule has 0 unspecified atom stereocenters. The van der Waals surface area contributed by atoms with Crippen molar-refractivity contribution in [2.45, 2.75) is 18.1 Å². The van der Waals surface area contributed by atoms with Crippen LogP contribution in [-0.2, 0) is 21.3 Å². The molecule has 0 radical (unpaired) electrons. The number of carbonyl (C=O) groups excluding carboxylic acids is 1. The van der Waals surface area contributed by atoms with Gasteiger partial charge in [-0.15, -0.1) is 0 Å². The molecule has 0 saturated carbocycles. The summed E-state index contributed by atoms with van der Waals surface area (Å²) >= 11 is 0. The number of esters is 1.